The Hall–Kier alpha value is -0.640. The van der Waals surface area contributed by atoms with Crippen LogP contribution in [0.2, 0.25) is 0 Å². The van der Waals surface area contributed by atoms with Crippen LogP contribution in [-0.4, -0.2) is 15.4 Å². The zero-order valence-electron chi connectivity index (χ0n) is 9.78. The Morgan fingerprint density at radius 1 is 1.38 bits per heavy atom. The normalized spacial score (nSPS) is 22.1. The Kier molecular flexibility index (Phi) is 2.84. The first-order valence-corrected chi connectivity index (χ1v) is 7.19. The number of anilines is 1. The number of nitrogens with zero attached hydrogens (tertiary/aromatic N) is 2. The fourth-order valence-corrected chi connectivity index (χ4v) is 2.73. The molecule has 1 atom stereocenters. The molecule has 2 fully saturated rings. The average molecular weight is 237 g/mol. The zero-order chi connectivity index (χ0) is 11.0. The number of rotatable bonds is 6. The first kappa shape index (κ1) is 10.5. The van der Waals surface area contributed by atoms with Gasteiger partial charge in [0, 0.05) is 23.5 Å². The summed E-state index contributed by atoms with van der Waals surface area (Å²) in [5.41, 5.74) is 0. The molecule has 0 saturated heterocycles. The average Bonchev–Trinajstić information content (AvgIpc) is 3.17. The van der Waals surface area contributed by atoms with Gasteiger partial charge in [-0.3, -0.25) is 0 Å². The summed E-state index contributed by atoms with van der Waals surface area (Å²) in [6.07, 6.45) is 8.13. The molecule has 88 valence electrons. The van der Waals surface area contributed by atoms with Crippen LogP contribution in [0.25, 0.3) is 0 Å². The Morgan fingerprint density at radius 2 is 2.19 bits per heavy atom. The lowest BCUT2D eigenvalue weighted by Gasteiger charge is -2.11. The highest BCUT2D eigenvalue weighted by Gasteiger charge is 2.28. The maximum atomic E-state index is 4.55. The van der Waals surface area contributed by atoms with Crippen molar-refractivity contribution in [1.82, 2.24) is 9.36 Å². The van der Waals surface area contributed by atoms with Gasteiger partial charge < -0.3 is 5.32 Å². The fraction of sp³-hybridized carbons (Fsp3) is 0.833. The van der Waals surface area contributed by atoms with E-state index in [4.69, 9.17) is 0 Å². The summed E-state index contributed by atoms with van der Waals surface area (Å²) in [6, 6.07) is 0.542. The van der Waals surface area contributed by atoms with Gasteiger partial charge in [-0.15, -0.1) is 0 Å². The van der Waals surface area contributed by atoms with E-state index in [9.17, 15) is 0 Å². The Morgan fingerprint density at radius 3 is 2.88 bits per heavy atom. The van der Waals surface area contributed by atoms with Crippen LogP contribution in [0.5, 0.6) is 0 Å². The van der Waals surface area contributed by atoms with Crippen LogP contribution in [0.15, 0.2) is 0 Å². The molecule has 1 N–H and O–H groups in total. The standard InChI is InChI=1S/C12H19N3S/c1-8(2-3-9-4-5-9)13-12-14-11(15-16-12)10-6-7-10/h8-10H,2-7H2,1H3,(H,13,14,15). The molecule has 0 aliphatic heterocycles. The van der Waals surface area contributed by atoms with Crippen molar-refractivity contribution >= 4 is 16.7 Å². The Balaban J connectivity index is 1.47. The lowest BCUT2D eigenvalue weighted by Crippen LogP contribution is -2.14. The molecule has 3 rings (SSSR count). The van der Waals surface area contributed by atoms with Crippen LogP contribution < -0.4 is 5.32 Å². The predicted molar refractivity (Wildman–Crippen MR) is 66.9 cm³/mol. The van der Waals surface area contributed by atoms with E-state index in [-0.39, 0.29) is 0 Å². The van der Waals surface area contributed by atoms with E-state index >= 15 is 0 Å². The maximum Gasteiger partial charge on any atom is 0.202 e. The molecule has 3 nitrogen and oxygen atoms in total. The Labute approximate surface area is 101 Å². The van der Waals surface area contributed by atoms with Crippen LogP contribution in [0, 0.1) is 5.92 Å². The predicted octanol–water partition coefficient (Wildman–Crippen LogP) is 3.41. The van der Waals surface area contributed by atoms with Crippen molar-refractivity contribution in [3.63, 3.8) is 0 Å². The highest BCUT2D eigenvalue weighted by atomic mass is 32.1. The summed E-state index contributed by atoms with van der Waals surface area (Å²) in [7, 11) is 0. The molecule has 2 saturated carbocycles. The molecule has 16 heavy (non-hydrogen) atoms. The molecular formula is C12H19N3S. The number of hydrogen-bond donors (Lipinski definition) is 1. The van der Waals surface area contributed by atoms with Gasteiger partial charge in [-0.05, 0) is 38.5 Å². The summed E-state index contributed by atoms with van der Waals surface area (Å²) in [4.78, 5) is 4.55. The molecule has 1 aromatic rings. The van der Waals surface area contributed by atoms with Crippen molar-refractivity contribution in [3.05, 3.63) is 5.82 Å². The van der Waals surface area contributed by atoms with Crippen LogP contribution in [0.3, 0.4) is 0 Å². The van der Waals surface area contributed by atoms with Gasteiger partial charge in [0.25, 0.3) is 0 Å². The fourth-order valence-electron chi connectivity index (χ4n) is 1.98. The van der Waals surface area contributed by atoms with Crippen molar-refractivity contribution in [2.45, 2.75) is 57.4 Å². The van der Waals surface area contributed by atoms with Gasteiger partial charge in [-0.2, -0.15) is 4.37 Å². The van der Waals surface area contributed by atoms with E-state index in [1.54, 1.807) is 0 Å². The summed E-state index contributed by atoms with van der Waals surface area (Å²) >= 11 is 1.52. The summed E-state index contributed by atoms with van der Waals surface area (Å²) in [5.74, 6) is 2.77. The first-order valence-electron chi connectivity index (χ1n) is 6.41. The minimum Gasteiger partial charge on any atom is -0.358 e. The highest BCUT2D eigenvalue weighted by molar-refractivity contribution is 7.09. The third kappa shape index (κ3) is 2.73. The highest BCUT2D eigenvalue weighted by Crippen LogP contribution is 2.39. The van der Waals surface area contributed by atoms with E-state index in [2.05, 4.69) is 21.6 Å². The molecule has 0 spiro atoms. The monoisotopic (exact) mass is 237 g/mol. The summed E-state index contributed by atoms with van der Waals surface area (Å²) in [6.45, 7) is 2.25. The zero-order valence-corrected chi connectivity index (χ0v) is 10.6. The molecule has 1 unspecified atom stereocenters. The van der Waals surface area contributed by atoms with Gasteiger partial charge in [0.2, 0.25) is 5.13 Å². The second-order valence-electron chi connectivity index (χ2n) is 5.30. The van der Waals surface area contributed by atoms with Crippen LogP contribution in [-0.2, 0) is 0 Å². The van der Waals surface area contributed by atoms with E-state index in [1.807, 2.05) is 0 Å². The summed E-state index contributed by atoms with van der Waals surface area (Å²) in [5, 5.41) is 4.49. The molecule has 1 heterocycles. The third-order valence-electron chi connectivity index (χ3n) is 3.46. The number of aromatic nitrogens is 2. The molecule has 1 aromatic heterocycles. The van der Waals surface area contributed by atoms with E-state index < -0.39 is 0 Å². The van der Waals surface area contributed by atoms with Gasteiger partial charge in [0.05, 0.1) is 0 Å². The van der Waals surface area contributed by atoms with E-state index in [0.717, 1.165) is 16.9 Å². The summed E-state index contributed by atoms with van der Waals surface area (Å²) < 4.78 is 4.41. The van der Waals surface area contributed by atoms with Gasteiger partial charge >= 0.3 is 0 Å². The van der Waals surface area contributed by atoms with Crippen molar-refractivity contribution in [3.8, 4) is 0 Å². The number of hydrogen-bond acceptors (Lipinski definition) is 4. The molecule has 2 aliphatic carbocycles. The second kappa shape index (κ2) is 4.32. The van der Waals surface area contributed by atoms with Crippen molar-refractivity contribution in [2.24, 2.45) is 5.92 Å². The van der Waals surface area contributed by atoms with Crippen LogP contribution in [0.4, 0.5) is 5.13 Å². The van der Waals surface area contributed by atoms with Gasteiger partial charge in [0.15, 0.2) is 0 Å². The Bertz CT molecular complexity index is 355. The molecule has 4 heteroatoms. The lowest BCUT2D eigenvalue weighted by molar-refractivity contribution is 0.610. The molecule has 0 aromatic carbocycles. The smallest absolute Gasteiger partial charge is 0.202 e. The molecule has 0 radical (unpaired) electrons. The largest absolute Gasteiger partial charge is 0.358 e. The van der Waals surface area contributed by atoms with Gasteiger partial charge in [0.1, 0.15) is 5.82 Å². The molecule has 0 amide bonds. The SMILES string of the molecule is CC(CCC1CC1)Nc1nc(C2CC2)ns1. The second-order valence-corrected chi connectivity index (χ2v) is 6.05. The van der Waals surface area contributed by atoms with Crippen molar-refractivity contribution < 1.29 is 0 Å². The van der Waals surface area contributed by atoms with Crippen molar-refractivity contribution in [2.75, 3.05) is 5.32 Å². The minimum absolute atomic E-state index is 0.542. The molecular weight excluding hydrogens is 218 g/mol. The third-order valence-corrected chi connectivity index (χ3v) is 4.12. The topological polar surface area (TPSA) is 37.8 Å². The van der Waals surface area contributed by atoms with Crippen LogP contribution in [0.1, 0.15) is 57.2 Å². The minimum atomic E-state index is 0.542. The first-order chi connectivity index (χ1) is 7.81. The van der Waals surface area contributed by atoms with E-state index in [1.165, 1.54) is 50.1 Å². The van der Waals surface area contributed by atoms with Crippen molar-refractivity contribution in [1.29, 1.82) is 0 Å². The van der Waals surface area contributed by atoms with Gasteiger partial charge in [-0.1, -0.05) is 12.8 Å². The molecule has 0 bridgehead atoms. The van der Waals surface area contributed by atoms with E-state index in [0.29, 0.717) is 12.0 Å². The molecule has 2 aliphatic rings. The maximum absolute atomic E-state index is 4.55. The lowest BCUT2D eigenvalue weighted by atomic mass is 10.1. The quantitative estimate of drug-likeness (QED) is 0.824. The van der Waals surface area contributed by atoms with Gasteiger partial charge in [-0.25, -0.2) is 4.98 Å². The number of nitrogens with one attached hydrogen (secondary N) is 1. The van der Waals surface area contributed by atoms with Crippen LogP contribution >= 0.6 is 11.5 Å².